The summed E-state index contributed by atoms with van der Waals surface area (Å²) in [6.45, 7) is 4.01. The average Bonchev–Trinajstić information content (AvgIpc) is 3.05. The van der Waals surface area contributed by atoms with Gasteiger partial charge in [0, 0.05) is 17.9 Å². The van der Waals surface area contributed by atoms with Crippen molar-refractivity contribution in [2.24, 2.45) is 11.3 Å². The molecule has 2 saturated heterocycles. The third-order valence-corrected chi connectivity index (χ3v) is 6.23. The Morgan fingerprint density at radius 3 is 2.96 bits per heavy atom. The van der Waals surface area contributed by atoms with Crippen LogP contribution in [0.3, 0.4) is 0 Å². The van der Waals surface area contributed by atoms with E-state index in [-0.39, 0.29) is 17.7 Å². The molecule has 1 aliphatic carbocycles. The van der Waals surface area contributed by atoms with Crippen molar-refractivity contribution in [2.45, 2.75) is 51.9 Å². The van der Waals surface area contributed by atoms with Crippen molar-refractivity contribution in [3.63, 3.8) is 0 Å². The van der Waals surface area contributed by atoms with E-state index < -0.39 is 0 Å². The number of allylic oxidation sites excluding steroid dienone is 1. The van der Waals surface area contributed by atoms with Crippen LogP contribution in [-0.4, -0.2) is 30.4 Å². The molecule has 4 heteroatoms. The summed E-state index contributed by atoms with van der Waals surface area (Å²) in [6, 6.07) is 9.84. The Hall–Kier alpha value is -1.81. The van der Waals surface area contributed by atoms with Crippen LogP contribution in [-0.2, 0) is 16.1 Å². The lowest BCUT2D eigenvalue weighted by Crippen LogP contribution is -2.54. The molecule has 1 amide bonds. The molecule has 134 valence electrons. The fourth-order valence-electron chi connectivity index (χ4n) is 4.81. The Balaban J connectivity index is 1.47. The second-order valence-corrected chi connectivity index (χ2v) is 7.54. The van der Waals surface area contributed by atoms with E-state index in [0.29, 0.717) is 12.5 Å². The van der Waals surface area contributed by atoms with Gasteiger partial charge in [0.1, 0.15) is 12.8 Å². The number of hydrogen-bond donors (Lipinski definition) is 0. The Labute approximate surface area is 149 Å². The van der Waals surface area contributed by atoms with Gasteiger partial charge in [-0.3, -0.25) is 4.90 Å². The lowest BCUT2D eigenvalue weighted by atomic mass is 9.64. The molecule has 2 fully saturated rings. The van der Waals surface area contributed by atoms with Gasteiger partial charge in [0.25, 0.3) is 0 Å². The Kier molecular flexibility index (Phi) is 4.55. The first-order valence-corrected chi connectivity index (χ1v) is 9.51. The fourth-order valence-corrected chi connectivity index (χ4v) is 4.81. The van der Waals surface area contributed by atoms with E-state index in [2.05, 4.69) is 13.0 Å². The second kappa shape index (κ2) is 6.83. The molecule has 25 heavy (non-hydrogen) atoms. The van der Waals surface area contributed by atoms with Crippen LogP contribution < -0.4 is 0 Å². The van der Waals surface area contributed by atoms with Crippen LogP contribution in [0, 0.1) is 11.3 Å². The summed E-state index contributed by atoms with van der Waals surface area (Å²) in [5.41, 5.74) is 2.66. The Morgan fingerprint density at radius 2 is 2.16 bits per heavy atom. The third-order valence-electron chi connectivity index (χ3n) is 6.23. The van der Waals surface area contributed by atoms with Crippen molar-refractivity contribution >= 4 is 6.09 Å². The van der Waals surface area contributed by atoms with E-state index in [1.165, 1.54) is 0 Å². The summed E-state index contributed by atoms with van der Waals surface area (Å²) in [6.07, 6.45) is 7.65. The fraction of sp³-hybridized carbons (Fsp3) is 0.571. The van der Waals surface area contributed by atoms with Crippen molar-refractivity contribution in [1.82, 2.24) is 4.90 Å². The molecule has 0 saturated carbocycles. The number of ether oxygens (including phenoxy) is 2. The monoisotopic (exact) mass is 341 g/mol. The number of rotatable bonds is 3. The molecule has 4 rings (SSSR count). The molecule has 1 aromatic carbocycles. The van der Waals surface area contributed by atoms with Gasteiger partial charge in [-0.25, -0.2) is 4.79 Å². The normalized spacial score (nSPS) is 31.1. The van der Waals surface area contributed by atoms with Gasteiger partial charge in [0.2, 0.25) is 0 Å². The zero-order valence-corrected chi connectivity index (χ0v) is 14.9. The lowest BCUT2D eigenvalue weighted by molar-refractivity contribution is -0.0971. The molecule has 0 aromatic heterocycles. The minimum atomic E-state index is -0.237. The van der Waals surface area contributed by atoms with E-state index in [9.17, 15) is 4.79 Å². The first kappa shape index (κ1) is 16.6. The number of piperidine rings is 1. The van der Waals surface area contributed by atoms with Crippen molar-refractivity contribution < 1.29 is 14.3 Å². The zero-order chi connectivity index (χ0) is 17.3. The molecule has 0 N–H and O–H groups in total. The van der Waals surface area contributed by atoms with Crippen LogP contribution in [0.4, 0.5) is 4.79 Å². The molecular weight excluding hydrogens is 314 g/mol. The SMILES string of the molecule is CCC1=C[C@H]2CO[C@H]3N(C(=O)OCc4ccccc4)CCC[C@]23CC1. The highest BCUT2D eigenvalue weighted by Gasteiger charge is 2.56. The number of likely N-dealkylation sites (tertiary alicyclic amines) is 1. The van der Waals surface area contributed by atoms with E-state index in [0.717, 1.165) is 50.8 Å². The van der Waals surface area contributed by atoms with Crippen molar-refractivity contribution in [3.8, 4) is 0 Å². The number of hydrogen-bond acceptors (Lipinski definition) is 3. The van der Waals surface area contributed by atoms with E-state index in [1.54, 1.807) is 5.57 Å². The van der Waals surface area contributed by atoms with Crippen LogP contribution in [0.1, 0.15) is 44.6 Å². The number of carbonyl (C=O) groups excluding carboxylic acids is 1. The topological polar surface area (TPSA) is 38.8 Å². The number of carbonyl (C=O) groups is 1. The average molecular weight is 341 g/mol. The van der Waals surface area contributed by atoms with Gasteiger partial charge in [0.05, 0.1) is 6.61 Å². The molecule has 4 nitrogen and oxygen atoms in total. The number of amides is 1. The van der Waals surface area contributed by atoms with Crippen LogP contribution in [0.25, 0.3) is 0 Å². The summed E-state index contributed by atoms with van der Waals surface area (Å²) in [4.78, 5) is 14.6. The van der Waals surface area contributed by atoms with Crippen molar-refractivity contribution in [2.75, 3.05) is 13.2 Å². The highest BCUT2D eigenvalue weighted by Crippen LogP contribution is 2.54. The van der Waals surface area contributed by atoms with Crippen molar-refractivity contribution in [3.05, 3.63) is 47.5 Å². The Bertz CT molecular complexity index is 656. The molecule has 3 aliphatic rings. The largest absolute Gasteiger partial charge is 0.444 e. The maximum absolute atomic E-state index is 12.7. The van der Waals surface area contributed by atoms with E-state index in [4.69, 9.17) is 9.47 Å². The molecule has 3 atom stereocenters. The lowest BCUT2D eigenvalue weighted by Gasteiger charge is -2.48. The summed E-state index contributed by atoms with van der Waals surface area (Å²) < 4.78 is 11.7. The highest BCUT2D eigenvalue weighted by molar-refractivity contribution is 5.68. The molecule has 0 unspecified atom stereocenters. The maximum atomic E-state index is 12.7. The van der Waals surface area contributed by atoms with Gasteiger partial charge >= 0.3 is 6.09 Å². The third kappa shape index (κ3) is 2.97. The summed E-state index contributed by atoms with van der Waals surface area (Å²) in [5, 5.41) is 0. The molecular formula is C21H27NO3. The van der Waals surface area contributed by atoms with Gasteiger partial charge in [-0.05, 0) is 37.7 Å². The zero-order valence-electron chi connectivity index (χ0n) is 14.9. The van der Waals surface area contributed by atoms with E-state index in [1.807, 2.05) is 35.2 Å². The smallest absolute Gasteiger partial charge is 0.412 e. The maximum Gasteiger partial charge on any atom is 0.412 e. The summed E-state index contributed by atoms with van der Waals surface area (Å²) in [7, 11) is 0. The van der Waals surface area contributed by atoms with Crippen LogP contribution in [0.15, 0.2) is 42.0 Å². The van der Waals surface area contributed by atoms with Gasteiger partial charge in [-0.1, -0.05) is 48.9 Å². The van der Waals surface area contributed by atoms with Gasteiger partial charge in [-0.2, -0.15) is 0 Å². The minimum Gasteiger partial charge on any atom is -0.444 e. The van der Waals surface area contributed by atoms with Gasteiger partial charge < -0.3 is 9.47 Å². The molecule has 2 heterocycles. The van der Waals surface area contributed by atoms with E-state index >= 15 is 0 Å². The van der Waals surface area contributed by atoms with Crippen LogP contribution in [0.2, 0.25) is 0 Å². The van der Waals surface area contributed by atoms with Crippen LogP contribution >= 0.6 is 0 Å². The first-order valence-electron chi connectivity index (χ1n) is 9.51. The molecule has 0 radical (unpaired) electrons. The Morgan fingerprint density at radius 1 is 1.32 bits per heavy atom. The summed E-state index contributed by atoms with van der Waals surface area (Å²) in [5.74, 6) is 0.450. The molecule has 2 aliphatic heterocycles. The predicted octanol–water partition coefficient (Wildman–Crippen LogP) is 4.51. The standard InChI is InChI=1S/C21H27NO3/c1-2-16-9-11-21-10-6-12-22(19(21)24-15-18(21)13-16)20(23)25-14-17-7-4-3-5-8-17/h3-5,7-8,13,18-19H,2,6,9-12,14-15H2,1H3/t18-,19+,21-/m0/s1. The number of nitrogens with zero attached hydrogens (tertiary/aromatic N) is 1. The first-order chi connectivity index (χ1) is 12.2. The van der Waals surface area contributed by atoms with Gasteiger partial charge in [0.15, 0.2) is 0 Å². The highest BCUT2D eigenvalue weighted by atomic mass is 16.6. The van der Waals surface area contributed by atoms with Crippen molar-refractivity contribution in [1.29, 1.82) is 0 Å². The van der Waals surface area contributed by atoms with Gasteiger partial charge in [-0.15, -0.1) is 0 Å². The molecule has 0 bridgehead atoms. The summed E-state index contributed by atoms with van der Waals surface area (Å²) >= 11 is 0. The molecule has 1 spiro atoms. The quantitative estimate of drug-likeness (QED) is 0.759. The van der Waals surface area contributed by atoms with Crippen LogP contribution in [0.5, 0.6) is 0 Å². The second-order valence-electron chi connectivity index (χ2n) is 7.54. The minimum absolute atomic E-state index is 0.0999. The predicted molar refractivity (Wildman–Crippen MR) is 95.8 cm³/mol. The number of benzene rings is 1. The molecule has 1 aromatic rings.